The third kappa shape index (κ3) is 3.66. The van der Waals surface area contributed by atoms with E-state index in [2.05, 4.69) is 81.7 Å². The van der Waals surface area contributed by atoms with Crippen LogP contribution in [0.2, 0.25) is 0 Å². The molecular formula is C27H25N5O2. The lowest BCUT2D eigenvalue weighted by Gasteiger charge is -2.31. The molecule has 0 spiro atoms. The van der Waals surface area contributed by atoms with E-state index in [-0.39, 0.29) is 0 Å². The Morgan fingerprint density at radius 2 is 1.53 bits per heavy atom. The number of imidazole rings is 1. The summed E-state index contributed by atoms with van der Waals surface area (Å²) < 4.78 is 7.93. The molecule has 1 aliphatic heterocycles. The lowest BCUT2D eigenvalue weighted by molar-refractivity contribution is 0.103. The molecule has 3 N–H and O–H groups in total. The molecular weight excluding hydrogens is 426 g/mol. The number of aromatic nitrogens is 4. The van der Waals surface area contributed by atoms with Crippen molar-refractivity contribution in [3.05, 3.63) is 114 Å². The number of rotatable bonds is 4. The molecule has 3 aromatic carbocycles. The lowest BCUT2D eigenvalue weighted by atomic mass is 9.81. The minimum Gasteiger partial charge on any atom is -0.473 e. The van der Waals surface area contributed by atoms with Gasteiger partial charge in [0.2, 0.25) is 0 Å². The summed E-state index contributed by atoms with van der Waals surface area (Å²) in [6.07, 6.45) is 2.85. The van der Waals surface area contributed by atoms with Gasteiger partial charge in [-0.1, -0.05) is 79.7 Å². The molecule has 0 amide bonds. The number of nitrogens with zero attached hydrogens (tertiary/aromatic N) is 4. The topological polar surface area (TPSA) is 99.1 Å². The normalized spacial score (nSPS) is 14.2. The van der Waals surface area contributed by atoms with Crippen LogP contribution in [0.15, 0.2) is 97.6 Å². The van der Waals surface area contributed by atoms with Gasteiger partial charge in [0.25, 0.3) is 0 Å². The van der Waals surface area contributed by atoms with Crippen molar-refractivity contribution in [1.29, 1.82) is 0 Å². The molecule has 0 saturated heterocycles. The number of ether oxygens (including phenoxy) is 1. The summed E-state index contributed by atoms with van der Waals surface area (Å²) in [4.78, 5) is 11.9. The average molecular weight is 452 g/mol. The number of hydrogen-bond donors (Lipinski definition) is 2. The fourth-order valence-corrected chi connectivity index (χ4v) is 4.26. The van der Waals surface area contributed by atoms with E-state index in [1.54, 1.807) is 4.57 Å². The maximum absolute atomic E-state index is 9.63. The van der Waals surface area contributed by atoms with Crippen LogP contribution in [0.1, 0.15) is 36.3 Å². The van der Waals surface area contributed by atoms with Gasteiger partial charge in [0.15, 0.2) is 17.1 Å². The van der Waals surface area contributed by atoms with Crippen molar-refractivity contribution in [1.82, 2.24) is 19.5 Å². The molecule has 3 heterocycles. The van der Waals surface area contributed by atoms with E-state index in [0.717, 1.165) is 16.9 Å². The van der Waals surface area contributed by atoms with Gasteiger partial charge in [-0.2, -0.15) is 0 Å². The Morgan fingerprint density at radius 1 is 0.882 bits per heavy atom. The highest BCUT2D eigenvalue weighted by atomic mass is 16.5. The number of nitrogen functional groups attached to an aromatic ring is 1. The lowest BCUT2D eigenvalue weighted by Crippen LogP contribution is -2.32. The van der Waals surface area contributed by atoms with Crippen molar-refractivity contribution in [3.63, 3.8) is 0 Å². The third-order valence-electron chi connectivity index (χ3n) is 5.95. The van der Waals surface area contributed by atoms with Crippen molar-refractivity contribution in [2.45, 2.75) is 25.2 Å². The van der Waals surface area contributed by atoms with Crippen LogP contribution >= 0.6 is 0 Å². The van der Waals surface area contributed by atoms with Gasteiger partial charge in [-0.05, 0) is 18.6 Å². The van der Waals surface area contributed by atoms with Crippen LogP contribution < -0.4 is 10.5 Å². The summed E-state index contributed by atoms with van der Waals surface area (Å²) in [7, 11) is 0. The SMILES string of the molecule is CCC(O)n1cnc2c(N)ncnc21.c1ccc(C2(c3ccccc3)Oc3cccc2c3)cc1. The maximum Gasteiger partial charge on any atom is 0.184 e. The smallest absolute Gasteiger partial charge is 0.184 e. The van der Waals surface area contributed by atoms with Crippen molar-refractivity contribution in [2.75, 3.05) is 5.73 Å². The Hall–Kier alpha value is -4.23. The van der Waals surface area contributed by atoms with Gasteiger partial charge in [-0.25, -0.2) is 15.0 Å². The van der Waals surface area contributed by atoms with Crippen LogP contribution in [-0.4, -0.2) is 24.6 Å². The summed E-state index contributed by atoms with van der Waals surface area (Å²) in [5.74, 6) is 1.26. The van der Waals surface area contributed by atoms with Crippen molar-refractivity contribution in [2.24, 2.45) is 0 Å². The van der Waals surface area contributed by atoms with Gasteiger partial charge in [-0.15, -0.1) is 0 Å². The van der Waals surface area contributed by atoms with Crippen LogP contribution in [-0.2, 0) is 5.60 Å². The van der Waals surface area contributed by atoms with E-state index in [0.29, 0.717) is 23.4 Å². The molecule has 0 saturated carbocycles. The first kappa shape index (κ1) is 21.6. The average Bonchev–Trinajstić information content (AvgIpc) is 3.44. The number of aliphatic hydroxyl groups excluding tert-OH is 1. The van der Waals surface area contributed by atoms with Crippen LogP contribution in [0, 0.1) is 0 Å². The second kappa shape index (κ2) is 8.96. The molecule has 34 heavy (non-hydrogen) atoms. The number of fused-ring (bicyclic) bond motifs is 3. The van der Waals surface area contributed by atoms with E-state index < -0.39 is 11.8 Å². The second-order valence-corrected chi connectivity index (χ2v) is 8.01. The molecule has 1 unspecified atom stereocenters. The predicted molar refractivity (Wildman–Crippen MR) is 131 cm³/mol. The van der Waals surface area contributed by atoms with Gasteiger partial charge < -0.3 is 15.6 Å². The molecule has 2 aromatic heterocycles. The van der Waals surface area contributed by atoms with E-state index in [1.807, 2.05) is 25.1 Å². The Balaban J connectivity index is 0.000000152. The molecule has 6 rings (SSSR count). The molecule has 5 aromatic rings. The zero-order chi connectivity index (χ0) is 23.5. The Kier molecular flexibility index (Phi) is 5.69. The van der Waals surface area contributed by atoms with Crippen LogP contribution in [0.3, 0.4) is 0 Å². The third-order valence-corrected chi connectivity index (χ3v) is 5.95. The molecule has 0 aliphatic carbocycles. The van der Waals surface area contributed by atoms with Crippen LogP contribution in [0.25, 0.3) is 11.2 Å². The minimum atomic E-state index is -0.616. The highest BCUT2D eigenvalue weighted by molar-refractivity contribution is 5.81. The molecule has 1 atom stereocenters. The quantitative estimate of drug-likeness (QED) is 0.412. The van der Waals surface area contributed by atoms with Crippen molar-refractivity contribution >= 4 is 17.0 Å². The molecule has 170 valence electrons. The standard InChI is InChI=1S/C19H14O.C8H11N5O/c1-3-8-15(9-4-1)19(16-10-5-2-6-11-16)17-12-7-13-18(14-17)20-19;1-2-5(14)13-4-12-6-7(9)10-3-11-8(6)13/h1-14H;3-5,14H,2H2,1H3,(H2,9,10,11). The minimum absolute atomic E-state index is 0.331. The number of aliphatic hydroxyl groups is 1. The first-order chi connectivity index (χ1) is 16.6. The summed E-state index contributed by atoms with van der Waals surface area (Å²) in [5.41, 5.74) is 9.69. The number of nitrogens with two attached hydrogens (primary N) is 1. The Labute approximate surface area is 197 Å². The summed E-state index contributed by atoms with van der Waals surface area (Å²) in [5, 5.41) is 9.63. The van der Waals surface area contributed by atoms with E-state index in [4.69, 9.17) is 10.5 Å². The van der Waals surface area contributed by atoms with Crippen LogP contribution in [0.4, 0.5) is 5.82 Å². The summed E-state index contributed by atoms with van der Waals surface area (Å²) >= 11 is 0. The van der Waals surface area contributed by atoms with E-state index in [1.165, 1.54) is 18.2 Å². The number of anilines is 1. The van der Waals surface area contributed by atoms with E-state index in [9.17, 15) is 5.11 Å². The number of benzene rings is 3. The largest absolute Gasteiger partial charge is 0.473 e. The first-order valence-electron chi connectivity index (χ1n) is 11.1. The predicted octanol–water partition coefficient (Wildman–Crippen LogP) is 4.68. The molecule has 2 bridgehead atoms. The van der Waals surface area contributed by atoms with Crippen molar-refractivity contribution in [3.8, 4) is 5.75 Å². The molecule has 0 fully saturated rings. The molecule has 7 heteroatoms. The van der Waals surface area contributed by atoms with Crippen molar-refractivity contribution < 1.29 is 9.84 Å². The summed E-state index contributed by atoms with van der Waals surface area (Å²) in [6, 6.07) is 29.1. The first-order valence-corrected chi connectivity index (χ1v) is 11.1. The molecule has 1 aliphatic rings. The van der Waals surface area contributed by atoms with Gasteiger partial charge >= 0.3 is 0 Å². The van der Waals surface area contributed by atoms with Gasteiger partial charge in [0.1, 0.15) is 23.8 Å². The highest BCUT2D eigenvalue weighted by Gasteiger charge is 2.42. The zero-order valence-electron chi connectivity index (χ0n) is 18.7. The van der Waals surface area contributed by atoms with Gasteiger partial charge in [-0.3, -0.25) is 4.57 Å². The number of hydrogen-bond acceptors (Lipinski definition) is 6. The second-order valence-electron chi connectivity index (χ2n) is 8.01. The Morgan fingerprint density at radius 3 is 2.15 bits per heavy atom. The monoisotopic (exact) mass is 451 g/mol. The Bertz CT molecular complexity index is 1360. The maximum atomic E-state index is 9.63. The van der Waals surface area contributed by atoms with Crippen LogP contribution in [0.5, 0.6) is 5.75 Å². The fourth-order valence-electron chi connectivity index (χ4n) is 4.26. The molecule has 7 nitrogen and oxygen atoms in total. The molecule has 0 radical (unpaired) electrons. The highest BCUT2D eigenvalue weighted by Crippen LogP contribution is 2.46. The summed E-state index contributed by atoms with van der Waals surface area (Å²) in [6.45, 7) is 1.88. The van der Waals surface area contributed by atoms with Gasteiger partial charge in [0, 0.05) is 16.7 Å². The zero-order valence-corrected chi connectivity index (χ0v) is 18.7. The van der Waals surface area contributed by atoms with Gasteiger partial charge in [0.05, 0.1) is 6.33 Å². The van der Waals surface area contributed by atoms with E-state index >= 15 is 0 Å². The fraction of sp³-hybridized carbons (Fsp3) is 0.148.